The summed E-state index contributed by atoms with van der Waals surface area (Å²) in [6.07, 6.45) is 3.26. The zero-order valence-corrected chi connectivity index (χ0v) is 11.9. The SMILES string of the molecule is O=C(Nc1ccc(OC(F)F)nc1)N1CC2(CCOCC2)C1. The quantitative estimate of drug-likeness (QED) is 0.930. The summed E-state index contributed by atoms with van der Waals surface area (Å²) in [5.41, 5.74) is 0.655. The van der Waals surface area contributed by atoms with E-state index in [0.717, 1.165) is 39.1 Å². The average molecular weight is 313 g/mol. The molecule has 0 aromatic carbocycles. The van der Waals surface area contributed by atoms with Gasteiger partial charge < -0.3 is 19.7 Å². The number of halogens is 2. The number of likely N-dealkylation sites (tertiary alicyclic amines) is 1. The molecule has 2 aliphatic heterocycles. The maximum absolute atomic E-state index is 12.1. The van der Waals surface area contributed by atoms with Gasteiger partial charge in [-0.3, -0.25) is 0 Å². The van der Waals surface area contributed by atoms with Crippen molar-refractivity contribution < 1.29 is 23.0 Å². The topological polar surface area (TPSA) is 63.7 Å². The van der Waals surface area contributed by atoms with Crippen molar-refractivity contribution in [1.29, 1.82) is 0 Å². The first-order valence-corrected chi connectivity index (χ1v) is 7.11. The minimum atomic E-state index is -2.91. The number of nitrogens with one attached hydrogen (secondary N) is 1. The standard InChI is InChI=1S/C14H17F2N3O3/c15-12(16)22-11-2-1-10(7-17-11)18-13(20)19-8-14(9-19)3-5-21-6-4-14/h1-2,7,12H,3-6,8-9H2,(H,18,20). The minimum absolute atomic E-state index is 0.182. The molecule has 0 unspecified atom stereocenters. The van der Waals surface area contributed by atoms with Gasteiger partial charge in [0.2, 0.25) is 5.88 Å². The Morgan fingerprint density at radius 3 is 2.68 bits per heavy atom. The number of rotatable bonds is 3. The molecule has 0 aliphatic carbocycles. The first kappa shape index (κ1) is 15.0. The van der Waals surface area contributed by atoms with Gasteiger partial charge in [-0.2, -0.15) is 8.78 Å². The van der Waals surface area contributed by atoms with Crippen molar-refractivity contribution in [1.82, 2.24) is 9.88 Å². The van der Waals surface area contributed by atoms with Gasteiger partial charge in [0.15, 0.2) is 0 Å². The maximum Gasteiger partial charge on any atom is 0.388 e. The van der Waals surface area contributed by atoms with Crippen molar-refractivity contribution in [3.63, 3.8) is 0 Å². The third-order valence-electron chi connectivity index (χ3n) is 4.09. The first-order valence-electron chi connectivity index (χ1n) is 7.11. The van der Waals surface area contributed by atoms with Gasteiger partial charge >= 0.3 is 12.6 Å². The van der Waals surface area contributed by atoms with Crippen LogP contribution in [0.5, 0.6) is 5.88 Å². The molecule has 22 heavy (non-hydrogen) atoms. The number of carbonyl (C=O) groups is 1. The molecule has 2 amide bonds. The van der Waals surface area contributed by atoms with Gasteiger partial charge in [-0.05, 0) is 18.9 Å². The Labute approximate surface area is 126 Å². The smallest absolute Gasteiger partial charge is 0.388 e. The van der Waals surface area contributed by atoms with Crippen LogP contribution in [0.3, 0.4) is 0 Å². The van der Waals surface area contributed by atoms with E-state index >= 15 is 0 Å². The molecule has 2 saturated heterocycles. The van der Waals surface area contributed by atoms with Crippen LogP contribution in [-0.2, 0) is 4.74 Å². The molecule has 1 aromatic rings. The molecule has 2 fully saturated rings. The van der Waals surface area contributed by atoms with Gasteiger partial charge in [0.25, 0.3) is 0 Å². The van der Waals surface area contributed by atoms with E-state index in [9.17, 15) is 13.6 Å². The van der Waals surface area contributed by atoms with E-state index in [4.69, 9.17) is 4.74 Å². The van der Waals surface area contributed by atoms with Crippen LogP contribution in [0.15, 0.2) is 18.3 Å². The molecule has 0 bridgehead atoms. The number of nitrogens with zero attached hydrogens (tertiary/aromatic N) is 2. The molecule has 1 N–H and O–H groups in total. The number of anilines is 1. The lowest BCUT2D eigenvalue weighted by Crippen LogP contribution is -2.61. The molecule has 8 heteroatoms. The van der Waals surface area contributed by atoms with E-state index in [2.05, 4.69) is 15.0 Å². The van der Waals surface area contributed by atoms with Crippen molar-refractivity contribution in [3.05, 3.63) is 18.3 Å². The predicted octanol–water partition coefficient (Wildman–Crippen LogP) is 2.33. The largest absolute Gasteiger partial charge is 0.417 e. The third kappa shape index (κ3) is 3.27. The maximum atomic E-state index is 12.1. The molecular formula is C14H17F2N3O3. The molecule has 1 aromatic heterocycles. The Balaban J connectivity index is 1.50. The number of amides is 2. The number of carbonyl (C=O) groups excluding carboxylic acids is 1. The number of aromatic nitrogens is 1. The summed E-state index contributed by atoms with van der Waals surface area (Å²) in [4.78, 5) is 17.5. The second-order valence-electron chi connectivity index (χ2n) is 5.66. The number of hydrogen-bond donors (Lipinski definition) is 1. The van der Waals surface area contributed by atoms with Crippen molar-refractivity contribution in [3.8, 4) is 5.88 Å². The van der Waals surface area contributed by atoms with Crippen LogP contribution >= 0.6 is 0 Å². The molecular weight excluding hydrogens is 296 g/mol. The molecule has 2 aliphatic rings. The van der Waals surface area contributed by atoms with Crippen LogP contribution in [0.4, 0.5) is 19.3 Å². The van der Waals surface area contributed by atoms with Crippen molar-refractivity contribution >= 4 is 11.7 Å². The number of urea groups is 1. The average Bonchev–Trinajstić information content (AvgIpc) is 2.47. The van der Waals surface area contributed by atoms with Crippen molar-refractivity contribution in [2.75, 3.05) is 31.6 Å². The fraction of sp³-hybridized carbons (Fsp3) is 0.571. The predicted molar refractivity (Wildman–Crippen MR) is 73.9 cm³/mol. The number of pyridine rings is 1. The van der Waals surface area contributed by atoms with Gasteiger partial charge in [-0.15, -0.1) is 0 Å². The number of ether oxygens (including phenoxy) is 2. The van der Waals surface area contributed by atoms with E-state index in [1.807, 2.05) is 0 Å². The Kier molecular flexibility index (Phi) is 4.10. The number of hydrogen-bond acceptors (Lipinski definition) is 4. The lowest BCUT2D eigenvalue weighted by Gasteiger charge is -2.51. The normalized spacial score (nSPS) is 19.9. The van der Waals surface area contributed by atoms with E-state index < -0.39 is 6.61 Å². The van der Waals surface area contributed by atoms with E-state index in [1.54, 1.807) is 4.90 Å². The van der Waals surface area contributed by atoms with Crippen molar-refractivity contribution in [2.24, 2.45) is 5.41 Å². The monoisotopic (exact) mass is 313 g/mol. The van der Waals surface area contributed by atoms with Gasteiger partial charge in [-0.1, -0.05) is 0 Å². The molecule has 0 saturated carbocycles. The van der Waals surface area contributed by atoms with Crippen molar-refractivity contribution in [2.45, 2.75) is 19.5 Å². The number of alkyl halides is 2. The summed E-state index contributed by atoms with van der Waals surface area (Å²) in [6.45, 7) is 0.0464. The zero-order valence-electron chi connectivity index (χ0n) is 11.9. The Hall–Kier alpha value is -1.96. The summed E-state index contributed by atoms with van der Waals surface area (Å²) in [5.74, 6) is -0.182. The zero-order chi connectivity index (χ0) is 15.6. The fourth-order valence-corrected chi connectivity index (χ4v) is 2.85. The van der Waals surface area contributed by atoms with Crippen LogP contribution in [0.1, 0.15) is 12.8 Å². The highest BCUT2D eigenvalue weighted by Gasteiger charge is 2.45. The highest BCUT2D eigenvalue weighted by Crippen LogP contribution is 2.39. The second-order valence-corrected chi connectivity index (χ2v) is 5.66. The fourth-order valence-electron chi connectivity index (χ4n) is 2.85. The van der Waals surface area contributed by atoms with E-state index in [0.29, 0.717) is 5.69 Å². The van der Waals surface area contributed by atoms with Crippen LogP contribution in [0.25, 0.3) is 0 Å². The highest BCUT2D eigenvalue weighted by atomic mass is 19.3. The van der Waals surface area contributed by atoms with Gasteiger partial charge in [-0.25, -0.2) is 9.78 Å². The van der Waals surface area contributed by atoms with Gasteiger partial charge in [0, 0.05) is 37.8 Å². The Morgan fingerprint density at radius 2 is 2.09 bits per heavy atom. The Morgan fingerprint density at radius 1 is 1.36 bits per heavy atom. The van der Waals surface area contributed by atoms with Gasteiger partial charge in [0.05, 0.1) is 11.9 Å². The van der Waals surface area contributed by atoms with Crippen LogP contribution < -0.4 is 10.1 Å². The summed E-state index contributed by atoms with van der Waals surface area (Å²) in [5, 5.41) is 2.70. The lowest BCUT2D eigenvalue weighted by atomic mass is 9.73. The third-order valence-corrected chi connectivity index (χ3v) is 4.09. The molecule has 120 valence electrons. The van der Waals surface area contributed by atoms with Gasteiger partial charge in [0.1, 0.15) is 0 Å². The van der Waals surface area contributed by atoms with E-state index in [1.165, 1.54) is 18.3 Å². The Bertz CT molecular complexity index is 525. The molecule has 6 nitrogen and oxygen atoms in total. The summed E-state index contributed by atoms with van der Waals surface area (Å²) < 4.78 is 33.5. The first-order chi connectivity index (χ1) is 10.6. The highest BCUT2D eigenvalue weighted by molar-refractivity contribution is 5.89. The molecule has 0 atom stereocenters. The van der Waals surface area contributed by atoms with Crippen LogP contribution in [0, 0.1) is 5.41 Å². The van der Waals surface area contributed by atoms with Crippen LogP contribution in [-0.4, -0.2) is 48.8 Å². The summed E-state index contributed by atoms with van der Waals surface area (Å²) in [7, 11) is 0. The molecule has 1 spiro atoms. The minimum Gasteiger partial charge on any atom is -0.417 e. The summed E-state index contributed by atoms with van der Waals surface area (Å²) in [6, 6.07) is 2.56. The van der Waals surface area contributed by atoms with E-state index in [-0.39, 0.29) is 17.3 Å². The molecule has 3 heterocycles. The molecule has 3 rings (SSSR count). The summed E-state index contributed by atoms with van der Waals surface area (Å²) >= 11 is 0. The van der Waals surface area contributed by atoms with Crippen LogP contribution in [0.2, 0.25) is 0 Å². The molecule has 0 radical (unpaired) electrons. The second kappa shape index (κ2) is 6.04. The lowest BCUT2D eigenvalue weighted by molar-refractivity contribution is -0.0596.